The van der Waals surface area contributed by atoms with Crippen molar-refractivity contribution in [2.45, 2.75) is 0 Å². The van der Waals surface area contributed by atoms with Gasteiger partial charge in [-0.3, -0.25) is 20.4 Å². The van der Waals surface area contributed by atoms with E-state index in [-0.39, 0.29) is 22.0 Å². The van der Waals surface area contributed by atoms with Crippen LogP contribution in [-0.2, 0) is 0 Å². The predicted octanol–water partition coefficient (Wildman–Crippen LogP) is 3.13. The lowest BCUT2D eigenvalue weighted by atomic mass is 10.2. The van der Waals surface area contributed by atoms with E-state index in [9.17, 15) is 9.59 Å². The lowest BCUT2D eigenvalue weighted by molar-refractivity contribution is 0.0845. The van der Waals surface area contributed by atoms with Gasteiger partial charge in [-0.05, 0) is 36.4 Å². The number of fused-ring (bicyclic) bond motifs is 1. The van der Waals surface area contributed by atoms with Gasteiger partial charge in [0, 0.05) is 21.6 Å². The fraction of sp³-hybridized carbons (Fsp3) is 0. The predicted molar refractivity (Wildman–Crippen MR) is 94.1 cm³/mol. The van der Waals surface area contributed by atoms with Crippen molar-refractivity contribution < 1.29 is 9.59 Å². The number of aromatic nitrogens is 1. The molecule has 3 aromatic rings. The summed E-state index contributed by atoms with van der Waals surface area (Å²) in [5.41, 5.74) is 11.7. The quantitative estimate of drug-likeness (QED) is 0.416. The van der Waals surface area contributed by atoms with Gasteiger partial charge in [-0.1, -0.05) is 29.3 Å². The molecular weight excluding hydrogens is 351 g/mol. The molecule has 1 heterocycles. The second-order valence-electron chi connectivity index (χ2n) is 5.03. The summed E-state index contributed by atoms with van der Waals surface area (Å²) in [6.07, 6.45) is 0. The number of H-pyrrole nitrogens is 1. The first-order chi connectivity index (χ1) is 11.5. The van der Waals surface area contributed by atoms with Crippen molar-refractivity contribution in [1.82, 2.24) is 15.8 Å². The third-order valence-corrected chi connectivity index (χ3v) is 3.94. The number of nitrogens with two attached hydrogens (primary N) is 1. The molecule has 0 aliphatic carbocycles. The Morgan fingerprint density at radius 2 is 1.75 bits per heavy atom. The Labute approximate surface area is 146 Å². The van der Waals surface area contributed by atoms with Gasteiger partial charge in [-0.2, -0.15) is 0 Å². The average Bonchev–Trinajstić information content (AvgIpc) is 2.95. The van der Waals surface area contributed by atoms with Crippen molar-refractivity contribution in [2.24, 2.45) is 0 Å². The maximum atomic E-state index is 12.2. The number of hydrogen-bond donors (Lipinski definition) is 4. The van der Waals surface area contributed by atoms with Gasteiger partial charge in [0.2, 0.25) is 0 Å². The number of hydrazine groups is 1. The number of benzene rings is 2. The number of halogens is 2. The van der Waals surface area contributed by atoms with Gasteiger partial charge in [-0.15, -0.1) is 0 Å². The van der Waals surface area contributed by atoms with Crippen molar-refractivity contribution >= 4 is 51.6 Å². The molecule has 0 aliphatic rings. The number of carbonyl (C=O) groups is 2. The molecule has 0 bridgehead atoms. The zero-order valence-corrected chi connectivity index (χ0v) is 13.7. The van der Waals surface area contributed by atoms with Gasteiger partial charge in [0.1, 0.15) is 5.69 Å². The van der Waals surface area contributed by atoms with Gasteiger partial charge in [0.25, 0.3) is 11.8 Å². The number of amides is 2. The minimum Gasteiger partial charge on any atom is -0.398 e. The molecule has 0 atom stereocenters. The molecular formula is C16H12Cl2N4O2. The molecule has 2 amide bonds. The van der Waals surface area contributed by atoms with E-state index in [1.54, 1.807) is 36.4 Å². The molecule has 0 unspecified atom stereocenters. The summed E-state index contributed by atoms with van der Waals surface area (Å²) in [5, 5.41) is 1.55. The Hall–Kier alpha value is -2.70. The summed E-state index contributed by atoms with van der Waals surface area (Å²) in [6.45, 7) is 0. The highest BCUT2D eigenvalue weighted by molar-refractivity contribution is 6.34. The van der Waals surface area contributed by atoms with Crippen LogP contribution in [0.15, 0.2) is 42.5 Å². The Balaban J connectivity index is 1.73. The zero-order valence-electron chi connectivity index (χ0n) is 12.2. The first-order valence-corrected chi connectivity index (χ1v) is 7.64. The smallest absolute Gasteiger partial charge is 0.286 e. The lowest BCUT2D eigenvalue weighted by Crippen LogP contribution is -2.42. The molecule has 0 saturated carbocycles. The molecule has 0 aliphatic heterocycles. The Morgan fingerprint density at radius 3 is 2.50 bits per heavy atom. The molecule has 122 valence electrons. The van der Waals surface area contributed by atoms with E-state index in [4.69, 9.17) is 28.9 Å². The van der Waals surface area contributed by atoms with Crippen molar-refractivity contribution in [2.75, 3.05) is 5.73 Å². The monoisotopic (exact) mass is 362 g/mol. The maximum absolute atomic E-state index is 12.2. The highest BCUT2D eigenvalue weighted by Crippen LogP contribution is 2.22. The van der Waals surface area contributed by atoms with Gasteiger partial charge in [0.15, 0.2) is 0 Å². The van der Waals surface area contributed by atoms with Crippen molar-refractivity contribution in [3.05, 3.63) is 63.8 Å². The van der Waals surface area contributed by atoms with Crippen LogP contribution in [0.3, 0.4) is 0 Å². The van der Waals surface area contributed by atoms with Crippen LogP contribution in [0.25, 0.3) is 10.9 Å². The standard InChI is InChI=1S/C16H12Cl2N4O2/c17-9-4-5-12-8(6-9)7-13(20-12)15(23)21-22-16(24)14-10(18)2-1-3-11(14)19/h1-7,20H,19H2,(H,21,23)(H,22,24). The van der Waals surface area contributed by atoms with E-state index in [0.717, 1.165) is 10.9 Å². The van der Waals surface area contributed by atoms with Gasteiger partial charge >= 0.3 is 0 Å². The Kier molecular flexibility index (Phi) is 4.33. The summed E-state index contributed by atoms with van der Waals surface area (Å²) in [6, 6.07) is 11.5. The highest BCUT2D eigenvalue weighted by Gasteiger charge is 2.16. The summed E-state index contributed by atoms with van der Waals surface area (Å²) in [7, 11) is 0. The van der Waals surface area contributed by atoms with E-state index in [0.29, 0.717) is 5.02 Å². The Bertz CT molecular complexity index is 932. The number of aromatic amines is 1. The van der Waals surface area contributed by atoms with Gasteiger partial charge < -0.3 is 10.7 Å². The maximum Gasteiger partial charge on any atom is 0.286 e. The third-order valence-electron chi connectivity index (χ3n) is 3.39. The second-order valence-corrected chi connectivity index (χ2v) is 5.87. The van der Waals surface area contributed by atoms with Crippen LogP contribution in [0.5, 0.6) is 0 Å². The first kappa shape index (κ1) is 16.2. The number of hydrogen-bond acceptors (Lipinski definition) is 3. The van der Waals surface area contributed by atoms with Crippen LogP contribution in [0.2, 0.25) is 10.0 Å². The third kappa shape index (κ3) is 3.15. The van der Waals surface area contributed by atoms with Gasteiger partial charge in [-0.25, -0.2) is 0 Å². The molecule has 0 radical (unpaired) electrons. The summed E-state index contributed by atoms with van der Waals surface area (Å²) in [4.78, 5) is 27.2. The summed E-state index contributed by atoms with van der Waals surface area (Å²) >= 11 is 11.9. The van der Waals surface area contributed by atoms with E-state index < -0.39 is 11.8 Å². The van der Waals surface area contributed by atoms with Crippen LogP contribution < -0.4 is 16.6 Å². The number of rotatable bonds is 2. The minimum atomic E-state index is -0.606. The van der Waals surface area contributed by atoms with Crippen LogP contribution in [0.4, 0.5) is 5.69 Å². The Morgan fingerprint density at radius 1 is 1.00 bits per heavy atom. The largest absolute Gasteiger partial charge is 0.398 e. The molecule has 24 heavy (non-hydrogen) atoms. The number of nitrogen functional groups attached to an aromatic ring is 1. The van der Waals surface area contributed by atoms with E-state index in [1.165, 1.54) is 6.07 Å². The lowest BCUT2D eigenvalue weighted by Gasteiger charge is -2.09. The summed E-state index contributed by atoms with van der Waals surface area (Å²) < 4.78 is 0. The summed E-state index contributed by atoms with van der Waals surface area (Å²) in [5.74, 6) is -1.12. The van der Waals surface area contributed by atoms with E-state index >= 15 is 0 Å². The zero-order chi connectivity index (χ0) is 17.3. The van der Waals surface area contributed by atoms with Crippen molar-refractivity contribution in [1.29, 1.82) is 0 Å². The van der Waals surface area contributed by atoms with Crippen molar-refractivity contribution in [3.8, 4) is 0 Å². The molecule has 3 rings (SSSR count). The first-order valence-electron chi connectivity index (χ1n) is 6.88. The topological polar surface area (TPSA) is 100 Å². The van der Waals surface area contributed by atoms with Gasteiger partial charge in [0.05, 0.1) is 10.6 Å². The van der Waals surface area contributed by atoms with E-state index in [1.807, 2.05) is 0 Å². The van der Waals surface area contributed by atoms with Crippen LogP contribution in [0, 0.1) is 0 Å². The molecule has 0 saturated heterocycles. The molecule has 0 fully saturated rings. The van der Waals surface area contributed by atoms with Crippen molar-refractivity contribution in [3.63, 3.8) is 0 Å². The molecule has 2 aromatic carbocycles. The minimum absolute atomic E-state index is 0.0999. The van der Waals surface area contributed by atoms with Crippen LogP contribution in [-0.4, -0.2) is 16.8 Å². The fourth-order valence-electron chi connectivity index (χ4n) is 2.25. The van der Waals surface area contributed by atoms with Crippen LogP contribution >= 0.6 is 23.2 Å². The van der Waals surface area contributed by atoms with Crippen LogP contribution in [0.1, 0.15) is 20.8 Å². The molecule has 1 aromatic heterocycles. The fourth-order valence-corrected chi connectivity index (χ4v) is 2.70. The molecule has 8 heteroatoms. The average molecular weight is 363 g/mol. The SMILES string of the molecule is Nc1cccc(Cl)c1C(=O)NNC(=O)c1cc2cc(Cl)ccc2[nH]1. The normalized spacial score (nSPS) is 10.6. The second kappa shape index (κ2) is 6.43. The number of anilines is 1. The molecule has 0 spiro atoms. The molecule has 5 N–H and O–H groups in total. The molecule has 6 nitrogen and oxygen atoms in total. The highest BCUT2D eigenvalue weighted by atomic mass is 35.5. The number of nitrogens with one attached hydrogen (secondary N) is 3. The number of carbonyl (C=O) groups excluding carboxylic acids is 2. The van der Waals surface area contributed by atoms with E-state index in [2.05, 4.69) is 15.8 Å².